The number of carbonyl (C=O) groups is 3. The van der Waals surface area contributed by atoms with E-state index in [2.05, 4.69) is 72.4 Å². The van der Waals surface area contributed by atoms with Crippen molar-refractivity contribution in [3.05, 3.63) is 89.5 Å². The summed E-state index contributed by atoms with van der Waals surface area (Å²) >= 11 is 0. The second-order valence-corrected chi connectivity index (χ2v) is 15.5. The van der Waals surface area contributed by atoms with Crippen molar-refractivity contribution in [3.8, 4) is 0 Å². The fourth-order valence-electron chi connectivity index (χ4n) is 7.17. The van der Waals surface area contributed by atoms with E-state index in [-0.39, 0.29) is 23.3 Å². The van der Waals surface area contributed by atoms with Crippen LogP contribution >= 0.6 is 0 Å². The van der Waals surface area contributed by atoms with E-state index in [0.717, 1.165) is 101 Å². The lowest BCUT2D eigenvalue weighted by Gasteiger charge is -2.15. The zero-order valence-corrected chi connectivity index (χ0v) is 35.3. The Labute approximate surface area is 341 Å². The van der Waals surface area contributed by atoms with Crippen LogP contribution < -0.4 is 16.0 Å². The average molecular weight is 775 g/mol. The summed E-state index contributed by atoms with van der Waals surface area (Å²) in [6.45, 7) is 12.9. The van der Waals surface area contributed by atoms with Gasteiger partial charge in [-0.2, -0.15) is 15.0 Å². The van der Waals surface area contributed by atoms with Gasteiger partial charge in [-0.3, -0.25) is 14.4 Å². The van der Waals surface area contributed by atoms with Crippen molar-refractivity contribution in [1.82, 2.24) is 15.0 Å². The highest BCUT2D eigenvalue weighted by molar-refractivity contribution is 5.98. The van der Waals surface area contributed by atoms with Crippen LogP contribution in [0.15, 0.2) is 72.8 Å². The molecule has 9 heteroatoms. The minimum absolute atomic E-state index is 0.0265. The molecule has 0 saturated heterocycles. The van der Waals surface area contributed by atoms with Gasteiger partial charge in [-0.25, -0.2) is 0 Å². The van der Waals surface area contributed by atoms with Crippen molar-refractivity contribution in [2.75, 3.05) is 16.0 Å². The van der Waals surface area contributed by atoms with Crippen molar-refractivity contribution < 1.29 is 14.4 Å². The number of nitrogens with zero attached hydrogens (tertiary/aromatic N) is 3. The average Bonchev–Trinajstić information content (AvgIpc) is 3.23. The maximum Gasteiger partial charge on any atom is 0.233 e. The first-order chi connectivity index (χ1) is 27.7. The number of hydrogen-bond acceptors (Lipinski definition) is 9. The van der Waals surface area contributed by atoms with E-state index in [1.54, 1.807) is 0 Å². The van der Waals surface area contributed by atoms with Crippen LogP contribution in [0.25, 0.3) is 0 Å². The molecule has 0 spiro atoms. The lowest BCUT2D eigenvalue weighted by molar-refractivity contribution is 0.0905. The predicted molar refractivity (Wildman–Crippen MR) is 236 cm³/mol. The Hall–Kier alpha value is -4.92. The number of unbranched alkanes of at least 4 members (excludes halogenated alkanes) is 4. The molecule has 3 aromatic carbocycles. The molecule has 57 heavy (non-hydrogen) atoms. The Kier molecular flexibility index (Phi) is 18.8. The van der Waals surface area contributed by atoms with Gasteiger partial charge in [0.1, 0.15) is 0 Å². The number of ketones is 3. The molecule has 3 atom stereocenters. The molecule has 4 aromatic rings. The first kappa shape index (κ1) is 44.8. The van der Waals surface area contributed by atoms with Crippen LogP contribution in [-0.2, 0) is 0 Å². The Morgan fingerprint density at radius 3 is 1.16 bits per heavy atom. The summed E-state index contributed by atoms with van der Waals surface area (Å²) in [7, 11) is 0. The maximum atomic E-state index is 13.3. The molecule has 0 saturated carbocycles. The number of anilines is 6. The third-order valence-corrected chi connectivity index (χ3v) is 11.0. The number of Topliss-reactive ketones (excluding diaryl/α,β-unsaturated/α-hetero) is 3. The molecule has 0 aliphatic heterocycles. The van der Waals surface area contributed by atoms with Crippen LogP contribution in [0, 0.1) is 17.8 Å². The molecule has 306 valence electrons. The summed E-state index contributed by atoms with van der Waals surface area (Å²) in [5.41, 5.74) is 4.27. The molecule has 0 fully saturated rings. The standard InChI is InChI=1S/C48H66N6O3/c1-7-13-16-19-36(12-6)45(57)39-24-30-42(31-25-39)51-48-53-46(49-40-26-20-37(21-27-40)43(55)32-34(10-4)17-14-8-2)52-47(54-48)50-41-28-22-38(23-29-41)44(56)33-35(11-5)18-15-9-3/h20-31,34-36H,7-19,32-33H2,1-6H3,(H3,49,50,51,52,53,54). The molecule has 1 heterocycles. The highest BCUT2D eigenvalue weighted by atomic mass is 16.1. The zero-order valence-electron chi connectivity index (χ0n) is 35.3. The molecule has 3 unspecified atom stereocenters. The van der Waals surface area contributed by atoms with E-state index in [1.165, 1.54) is 0 Å². The molecule has 0 bridgehead atoms. The van der Waals surface area contributed by atoms with Crippen molar-refractivity contribution >= 4 is 52.3 Å². The van der Waals surface area contributed by atoms with Crippen LogP contribution in [0.1, 0.15) is 169 Å². The lowest BCUT2D eigenvalue weighted by Crippen LogP contribution is -2.14. The first-order valence-electron chi connectivity index (χ1n) is 21.7. The molecule has 1 aromatic heterocycles. The summed E-state index contributed by atoms with van der Waals surface area (Å²) in [6.07, 6.45) is 14.9. The largest absolute Gasteiger partial charge is 0.324 e. The van der Waals surface area contributed by atoms with Gasteiger partial charge in [0.15, 0.2) is 17.3 Å². The van der Waals surface area contributed by atoms with Gasteiger partial charge in [-0.1, -0.05) is 112 Å². The minimum Gasteiger partial charge on any atom is -0.324 e. The highest BCUT2D eigenvalue weighted by Crippen LogP contribution is 2.26. The van der Waals surface area contributed by atoms with Crippen molar-refractivity contribution in [2.45, 2.75) is 138 Å². The van der Waals surface area contributed by atoms with Crippen molar-refractivity contribution in [2.24, 2.45) is 17.8 Å². The summed E-state index contributed by atoms with van der Waals surface area (Å²) in [5.74, 6) is 2.23. The second kappa shape index (κ2) is 24.0. The molecule has 0 aliphatic carbocycles. The predicted octanol–water partition coefficient (Wildman–Crippen LogP) is 13.5. The number of benzene rings is 3. The van der Waals surface area contributed by atoms with Gasteiger partial charge in [0.25, 0.3) is 0 Å². The van der Waals surface area contributed by atoms with Crippen LogP contribution in [0.5, 0.6) is 0 Å². The molecule has 9 nitrogen and oxygen atoms in total. The van der Waals surface area contributed by atoms with Gasteiger partial charge >= 0.3 is 0 Å². The number of rotatable bonds is 27. The number of hydrogen-bond donors (Lipinski definition) is 3. The van der Waals surface area contributed by atoms with E-state index in [1.807, 2.05) is 72.8 Å². The van der Waals surface area contributed by atoms with E-state index < -0.39 is 0 Å². The van der Waals surface area contributed by atoms with Gasteiger partial charge < -0.3 is 16.0 Å². The monoisotopic (exact) mass is 775 g/mol. The Balaban J connectivity index is 1.54. The molecule has 4 rings (SSSR count). The third kappa shape index (κ3) is 14.5. The quantitative estimate of drug-likeness (QED) is 0.0401. The van der Waals surface area contributed by atoms with E-state index in [4.69, 9.17) is 0 Å². The van der Waals surface area contributed by atoms with E-state index in [9.17, 15) is 14.4 Å². The zero-order chi connectivity index (χ0) is 41.0. The van der Waals surface area contributed by atoms with Crippen LogP contribution in [0.3, 0.4) is 0 Å². The summed E-state index contributed by atoms with van der Waals surface area (Å²) in [4.78, 5) is 53.5. The Morgan fingerprint density at radius 1 is 0.456 bits per heavy atom. The second-order valence-electron chi connectivity index (χ2n) is 15.5. The van der Waals surface area contributed by atoms with Gasteiger partial charge in [-0.05, 0) is 97.5 Å². The number of aromatic nitrogens is 3. The van der Waals surface area contributed by atoms with E-state index in [0.29, 0.717) is 59.2 Å². The van der Waals surface area contributed by atoms with Gasteiger partial charge in [0, 0.05) is 52.5 Å². The third-order valence-electron chi connectivity index (χ3n) is 11.0. The van der Waals surface area contributed by atoms with Crippen LogP contribution in [0.2, 0.25) is 0 Å². The van der Waals surface area contributed by atoms with Gasteiger partial charge in [0.2, 0.25) is 17.8 Å². The van der Waals surface area contributed by atoms with Crippen LogP contribution in [0.4, 0.5) is 34.9 Å². The fourth-order valence-corrected chi connectivity index (χ4v) is 7.17. The lowest BCUT2D eigenvalue weighted by atomic mass is 9.90. The number of carbonyl (C=O) groups excluding carboxylic acids is 3. The molecule has 0 amide bonds. The highest BCUT2D eigenvalue weighted by Gasteiger charge is 2.19. The molecular formula is C48H66N6O3. The Morgan fingerprint density at radius 2 is 0.825 bits per heavy atom. The molecular weight excluding hydrogens is 709 g/mol. The van der Waals surface area contributed by atoms with Crippen molar-refractivity contribution in [3.63, 3.8) is 0 Å². The maximum absolute atomic E-state index is 13.3. The van der Waals surface area contributed by atoms with Crippen LogP contribution in [-0.4, -0.2) is 32.3 Å². The molecule has 0 radical (unpaired) electrons. The van der Waals surface area contributed by atoms with Gasteiger partial charge in [-0.15, -0.1) is 0 Å². The van der Waals surface area contributed by atoms with E-state index >= 15 is 0 Å². The van der Waals surface area contributed by atoms with Crippen molar-refractivity contribution in [1.29, 1.82) is 0 Å². The Bertz CT molecular complexity index is 1730. The fraction of sp³-hybridized carbons (Fsp3) is 0.500. The van der Waals surface area contributed by atoms with Gasteiger partial charge in [0.05, 0.1) is 0 Å². The minimum atomic E-state index is 0.0265. The first-order valence-corrected chi connectivity index (χ1v) is 21.7. The summed E-state index contributed by atoms with van der Waals surface area (Å²) in [5, 5.41) is 9.86. The summed E-state index contributed by atoms with van der Waals surface area (Å²) < 4.78 is 0. The number of nitrogens with one attached hydrogen (secondary N) is 3. The smallest absolute Gasteiger partial charge is 0.233 e. The molecule has 0 aliphatic rings. The SMILES string of the molecule is CCCCCC(CC)C(=O)c1ccc(Nc2nc(Nc3ccc(C(=O)CC(CC)CCCC)cc3)nc(Nc3ccc(C(=O)CC(CC)CCCC)cc3)n2)cc1. The normalized spacial score (nSPS) is 12.7. The topological polar surface area (TPSA) is 126 Å². The summed E-state index contributed by atoms with van der Waals surface area (Å²) in [6, 6.07) is 22.3. The molecule has 3 N–H and O–H groups in total.